The number of ether oxygens (including phenoxy) is 1. The number of hydrogen-bond donors (Lipinski definition) is 3. The smallest absolute Gasteiger partial charge is 0.290 e. The molecule has 1 fully saturated rings. The lowest BCUT2D eigenvalue weighted by molar-refractivity contribution is -0.645. The summed E-state index contributed by atoms with van der Waals surface area (Å²) >= 11 is 2.15. The first-order chi connectivity index (χ1) is 34.5. The van der Waals surface area contributed by atoms with Crippen LogP contribution in [0.4, 0.5) is 17.1 Å². The number of nitrogen functional groups attached to an aromatic ring is 1. The summed E-state index contributed by atoms with van der Waals surface area (Å²) in [6.07, 6.45) is 8.39. The molecule has 0 spiro atoms. The third-order valence-corrected chi connectivity index (χ3v) is 10.7. The fourth-order valence-corrected chi connectivity index (χ4v) is 7.36. The van der Waals surface area contributed by atoms with Crippen LogP contribution >= 0.6 is 22.6 Å². The van der Waals surface area contributed by atoms with Crippen molar-refractivity contribution in [1.82, 2.24) is 23.7 Å². The lowest BCUT2D eigenvalue weighted by Gasteiger charge is -2.08. The van der Waals surface area contributed by atoms with Crippen molar-refractivity contribution in [3.05, 3.63) is 237 Å². The molecule has 13 heteroatoms. The molecule has 1 saturated heterocycles. The van der Waals surface area contributed by atoms with Gasteiger partial charge in [0.2, 0.25) is 6.33 Å². The van der Waals surface area contributed by atoms with E-state index in [1.165, 1.54) is 29.6 Å². The maximum atomic E-state index is 8.36. The van der Waals surface area contributed by atoms with E-state index in [1.807, 2.05) is 151 Å². The molecule has 0 bridgehead atoms. The van der Waals surface area contributed by atoms with Crippen molar-refractivity contribution < 1.29 is 43.2 Å². The van der Waals surface area contributed by atoms with Crippen molar-refractivity contribution in [2.24, 2.45) is 7.05 Å². The molecule has 0 atom stereocenters. The minimum atomic E-state index is -0.250. The highest BCUT2D eigenvalue weighted by Gasteiger charge is 2.13. The average molecular weight is 1190 g/mol. The number of carbonyl (C=O) groups is 1. The molecule has 72 heavy (non-hydrogen) atoms. The van der Waals surface area contributed by atoms with Gasteiger partial charge >= 0.3 is 0 Å². The summed E-state index contributed by atoms with van der Waals surface area (Å²) in [5, 5.41) is 10.1. The molecule has 12 rings (SSSR count). The number of halogens is 2. The van der Waals surface area contributed by atoms with Crippen molar-refractivity contribution in [2.75, 3.05) is 29.2 Å². The molecular formula is C59H62I2N8O3. The van der Waals surface area contributed by atoms with E-state index >= 15 is 0 Å². The highest BCUT2D eigenvalue weighted by molar-refractivity contribution is 14.1. The summed E-state index contributed by atoms with van der Waals surface area (Å²) in [6, 6.07) is 73.2. The second-order valence-corrected chi connectivity index (χ2v) is 15.3. The summed E-state index contributed by atoms with van der Waals surface area (Å²) in [7, 11) is 2.07. The topological polar surface area (TPSA) is 129 Å². The summed E-state index contributed by atoms with van der Waals surface area (Å²) in [5.74, 6) is 0. The van der Waals surface area contributed by atoms with E-state index in [1.54, 1.807) is 0 Å². The minimum Gasteiger partial charge on any atom is -1.00 e. The molecule has 0 radical (unpaired) electrons. The first kappa shape index (κ1) is 57.2. The lowest BCUT2D eigenvalue weighted by atomic mass is 10.2. The maximum Gasteiger partial charge on any atom is 0.290 e. The van der Waals surface area contributed by atoms with Crippen LogP contribution in [-0.4, -0.2) is 53.4 Å². The molecule has 370 valence electrons. The van der Waals surface area contributed by atoms with Gasteiger partial charge in [0.25, 0.3) is 6.47 Å². The van der Waals surface area contributed by atoms with Crippen molar-refractivity contribution in [1.29, 1.82) is 0 Å². The molecule has 0 saturated carbocycles. The highest BCUT2D eigenvalue weighted by Crippen LogP contribution is 2.22. The van der Waals surface area contributed by atoms with Gasteiger partial charge in [-0.25, -0.2) is 14.5 Å². The Kier molecular flexibility index (Phi) is 25.3. The fraction of sp³-hybridized carbons (Fsp3) is 0.119. The molecule has 4 heterocycles. The van der Waals surface area contributed by atoms with Gasteiger partial charge in [-0.2, -0.15) is 4.57 Å². The normalized spacial score (nSPS) is 10.7. The van der Waals surface area contributed by atoms with Crippen LogP contribution in [0.5, 0.6) is 0 Å². The molecule has 1 aliphatic rings. The first-order valence-corrected chi connectivity index (χ1v) is 24.9. The Morgan fingerprint density at radius 1 is 0.556 bits per heavy atom. The van der Waals surface area contributed by atoms with E-state index in [2.05, 4.69) is 154 Å². The predicted octanol–water partition coefficient (Wildman–Crippen LogP) is 10.7. The number of rotatable bonds is 5. The molecule has 11 nitrogen and oxygen atoms in total. The molecule has 0 amide bonds. The van der Waals surface area contributed by atoms with E-state index in [9.17, 15) is 0 Å². The van der Waals surface area contributed by atoms with Gasteiger partial charge in [-0.05, 0) is 115 Å². The number of fused-ring (bicyclic) bond motifs is 3. The van der Waals surface area contributed by atoms with E-state index in [4.69, 9.17) is 20.4 Å². The Balaban J connectivity index is 0.000000194. The molecule has 0 aliphatic carbocycles. The molecule has 0 unspecified atom stereocenters. The van der Waals surface area contributed by atoms with E-state index in [0.717, 1.165) is 63.7 Å². The largest absolute Gasteiger partial charge is 1.00 e. The number of anilines is 3. The number of nitrogens with two attached hydrogens (primary N) is 1. The van der Waals surface area contributed by atoms with Crippen molar-refractivity contribution >= 4 is 79.2 Å². The molecule has 3 aromatic heterocycles. The number of nitrogens with one attached hydrogen (secondary N) is 1. The van der Waals surface area contributed by atoms with Gasteiger partial charge in [-0.1, -0.05) is 151 Å². The SMILES string of the molecule is C.C1CCOC1.CI.C[n+]1cn(-c2ccccc2)c2ccccc21.Nc1ccccc1Nc1ccccc1.O=CO.[I-].c1ccc(-n2cnc3ccccc32)cc1.c1ccc(-n2cnc3ccccc32)cc1. The zero-order valence-corrected chi connectivity index (χ0v) is 44.0. The predicted molar refractivity (Wildman–Crippen MR) is 303 cm³/mol. The summed E-state index contributed by atoms with van der Waals surface area (Å²) < 4.78 is 13.5. The monoisotopic (exact) mass is 1180 g/mol. The number of benzene rings is 8. The van der Waals surface area contributed by atoms with Crippen LogP contribution in [0.25, 0.3) is 50.2 Å². The molecule has 11 aromatic rings. The number of carboxylic acid groups (broad SMARTS) is 1. The Hall–Kier alpha value is -7.34. The Bertz CT molecular complexity index is 3080. The van der Waals surface area contributed by atoms with Crippen LogP contribution in [0.2, 0.25) is 0 Å². The Morgan fingerprint density at radius 2 is 0.931 bits per heavy atom. The van der Waals surface area contributed by atoms with Gasteiger partial charge in [0.15, 0.2) is 11.0 Å². The minimum absolute atomic E-state index is 0. The molecule has 8 aromatic carbocycles. The quantitative estimate of drug-likeness (QED) is 0.0515. The van der Waals surface area contributed by atoms with Crippen LogP contribution in [0, 0.1) is 0 Å². The number of aromatic nitrogens is 6. The number of para-hydroxylation sites is 12. The Labute approximate surface area is 453 Å². The van der Waals surface area contributed by atoms with Crippen LogP contribution in [0.15, 0.2) is 237 Å². The summed E-state index contributed by atoms with van der Waals surface area (Å²) in [5.41, 5.74) is 18.9. The van der Waals surface area contributed by atoms with Crippen LogP contribution in [0.3, 0.4) is 0 Å². The van der Waals surface area contributed by atoms with Gasteiger partial charge < -0.3 is 44.9 Å². The third-order valence-electron chi connectivity index (χ3n) is 10.7. The second kappa shape index (κ2) is 31.8. The zero-order chi connectivity index (χ0) is 49.2. The van der Waals surface area contributed by atoms with E-state index in [0.29, 0.717) is 0 Å². The van der Waals surface area contributed by atoms with E-state index in [-0.39, 0.29) is 37.9 Å². The fourth-order valence-electron chi connectivity index (χ4n) is 7.36. The molecular weight excluding hydrogens is 1120 g/mol. The van der Waals surface area contributed by atoms with Gasteiger partial charge in [-0.3, -0.25) is 13.9 Å². The Morgan fingerprint density at radius 3 is 1.38 bits per heavy atom. The van der Waals surface area contributed by atoms with Gasteiger partial charge in [0.05, 0.1) is 40.5 Å². The van der Waals surface area contributed by atoms with Gasteiger partial charge in [-0.15, -0.1) is 0 Å². The van der Waals surface area contributed by atoms with Gasteiger partial charge in [0.1, 0.15) is 18.3 Å². The molecule has 1 aliphatic heterocycles. The summed E-state index contributed by atoms with van der Waals surface area (Å²) in [4.78, 5) is 19.0. The number of hydrogen-bond acceptors (Lipinski definition) is 6. The van der Waals surface area contributed by atoms with Crippen molar-refractivity contribution in [2.45, 2.75) is 20.3 Å². The second-order valence-electron chi connectivity index (χ2n) is 15.3. The maximum absolute atomic E-state index is 8.36. The van der Waals surface area contributed by atoms with Crippen LogP contribution in [-0.2, 0) is 16.6 Å². The first-order valence-electron chi connectivity index (χ1n) is 22.7. The standard InChI is InChI=1S/C14H13N2.2C13H10N2.C12H12N2.C4H8O.CH3I.CH2O2.CH4.HI/c1-15-11-16(12-7-3-2-4-8-12)14-10-6-5-9-13(14)15;2*1-2-6-11(7-3-1)15-10-14-12-8-4-5-9-13(12)15;13-11-8-4-5-9-12(11)14-10-6-2-1-3-7-10;1-2-4-5-3-1;1-2;2-1-3;;/h2-11H,1H3;2*1-10H;1-9,14H,13H2;1-4H2;1H3;1H,(H,2,3);1H4;1H/q+1;;;;;;;;/p-1. The zero-order valence-electron chi connectivity index (χ0n) is 39.7. The number of aryl methyl sites for hydroxylation is 1. The van der Waals surface area contributed by atoms with Crippen molar-refractivity contribution in [3.63, 3.8) is 0 Å². The van der Waals surface area contributed by atoms with Crippen LogP contribution < -0.4 is 39.6 Å². The van der Waals surface area contributed by atoms with Crippen molar-refractivity contribution in [3.8, 4) is 17.1 Å². The lowest BCUT2D eigenvalue weighted by Crippen LogP contribution is -3.00. The van der Waals surface area contributed by atoms with Gasteiger partial charge in [0, 0.05) is 30.3 Å². The number of alkyl halides is 1. The number of nitrogens with zero attached hydrogens (tertiary/aromatic N) is 6. The highest BCUT2D eigenvalue weighted by atomic mass is 127. The third kappa shape index (κ3) is 16.6. The average Bonchev–Trinajstić information content (AvgIpc) is 4.28. The molecule has 4 N–H and O–H groups in total. The number of imidazole rings is 3. The van der Waals surface area contributed by atoms with E-state index < -0.39 is 0 Å². The summed E-state index contributed by atoms with van der Waals surface area (Å²) in [6.45, 7) is 1.75. The van der Waals surface area contributed by atoms with Crippen LogP contribution in [0.1, 0.15) is 20.3 Å².